The number of hydrogen-bond donors (Lipinski definition) is 0. The number of thiophene rings is 2. The van der Waals surface area contributed by atoms with Crippen LogP contribution in [0.1, 0.15) is 37.1 Å². The Morgan fingerprint density at radius 2 is 1.09 bits per heavy atom. The lowest BCUT2D eigenvalue weighted by molar-refractivity contribution is -0.151. The first kappa shape index (κ1) is 45.0. The Morgan fingerprint density at radius 3 is 1.58 bits per heavy atom. The number of rotatable bonds is 13. The SMILES string of the molecule is O=C(OCC(=O)N1CCc2cc(OCc3cc(-c4ccccc4)c(C(F)(F)F)s3)ccc21)[C@@H]1CCN(CC(=O)N2CCc3cc(OCc4cc(-c5ccccc5)c(C(F)(F)F)s4)ccc32)C1. The zero-order valence-corrected chi connectivity index (χ0v) is 36.8. The quantitative estimate of drug-likeness (QED) is 0.0842. The highest BCUT2D eigenvalue weighted by molar-refractivity contribution is 7.13. The smallest absolute Gasteiger partial charge is 0.426 e. The molecule has 1 saturated heterocycles. The summed E-state index contributed by atoms with van der Waals surface area (Å²) in [5, 5.41) is 0. The third-order valence-electron chi connectivity index (χ3n) is 11.8. The fourth-order valence-electron chi connectivity index (χ4n) is 8.65. The van der Waals surface area contributed by atoms with Crippen LogP contribution in [0.3, 0.4) is 0 Å². The minimum absolute atomic E-state index is 0.0462. The van der Waals surface area contributed by atoms with Crippen molar-refractivity contribution in [2.24, 2.45) is 5.92 Å². The first-order chi connectivity index (χ1) is 31.7. The Hall–Kier alpha value is -6.17. The summed E-state index contributed by atoms with van der Waals surface area (Å²) in [7, 11) is 0. The molecule has 0 spiro atoms. The van der Waals surface area contributed by atoms with Gasteiger partial charge in [0.1, 0.15) is 34.5 Å². The Kier molecular flexibility index (Phi) is 12.7. The van der Waals surface area contributed by atoms with E-state index >= 15 is 0 Å². The maximum atomic E-state index is 13.9. The molecule has 9 rings (SSSR count). The van der Waals surface area contributed by atoms with Crippen LogP contribution in [0.5, 0.6) is 11.5 Å². The third kappa shape index (κ3) is 9.83. The van der Waals surface area contributed by atoms with Crippen LogP contribution in [0.4, 0.5) is 37.7 Å². The Morgan fingerprint density at radius 1 is 0.606 bits per heavy atom. The maximum absolute atomic E-state index is 13.9. The molecule has 2 amide bonds. The van der Waals surface area contributed by atoms with Crippen LogP contribution in [-0.4, -0.2) is 62.0 Å². The van der Waals surface area contributed by atoms with Crippen LogP contribution in [0.15, 0.2) is 109 Å². The second kappa shape index (κ2) is 18.6. The van der Waals surface area contributed by atoms with Gasteiger partial charge >= 0.3 is 18.3 Å². The van der Waals surface area contributed by atoms with Gasteiger partial charge in [-0.3, -0.25) is 19.3 Å². The van der Waals surface area contributed by atoms with Gasteiger partial charge in [0.2, 0.25) is 5.91 Å². The molecule has 1 atom stereocenters. The molecule has 0 saturated carbocycles. The fraction of sp³-hybridized carbons (Fsp3) is 0.286. The van der Waals surface area contributed by atoms with Gasteiger partial charge in [0.25, 0.3) is 5.91 Å². The molecule has 6 aromatic rings. The average molecular weight is 946 g/mol. The Labute approximate surface area is 383 Å². The lowest BCUT2D eigenvalue weighted by atomic mass is 10.1. The van der Waals surface area contributed by atoms with Crippen molar-refractivity contribution in [2.45, 2.75) is 44.8 Å². The first-order valence-corrected chi connectivity index (χ1v) is 22.8. The maximum Gasteiger partial charge on any atom is 0.426 e. The number of benzene rings is 4. The molecule has 17 heteroatoms. The molecule has 0 bridgehead atoms. The molecule has 66 heavy (non-hydrogen) atoms. The van der Waals surface area contributed by atoms with Crippen molar-refractivity contribution in [3.8, 4) is 33.8 Å². The highest BCUT2D eigenvalue weighted by atomic mass is 32.1. The number of hydrogen-bond acceptors (Lipinski definition) is 9. The summed E-state index contributed by atoms with van der Waals surface area (Å²) in [6, 6.07) is 30.3. The number of fused-ring (bicyclic) bond motifs is 2. The molecule has 5 heterocycles. The van der Waals surface area contributed by atoms with Crippen LogP contribution >= 0.6 is 22.7 Å². The summed E-state index contributed by atoms with van der Waals surface area (Å²) >= 11 is 1.31. The van der Waals surface area contributed by atoms with Gasteiger partial charge in [-0.15, -0.1) is 22.7 Å². The summed E-state index contributed by atoms with van der Waals surface area (Å²) in [5.41, 5.74) is 4.24. The number of esters is 1. The van der Waals surface area contributed by atoms with Gasteiger partial charge in [-0.1, -0.05) is 60.7 Å². The van der Waals surface area contributed by atoms with Gasteiger partial charge in [0.15, 0.2) is 6.61 Å². The van der Waals surface area contributed by atoms with Crippen molar-refractivity contribution >= 4 is 51.8 Å². The number of carbonyl (C=O) groups is 3. The lowest BCUT2D eigenvalue weighted by Crippen LogP contribution is -2.39. The Bertz CT molecular complexity index is 2760. The fourth-order valence-corrected chi connectivity index (χ4v) is 10.6. The number of halogens is 6. The van der Waals surface area contributed by atoms with Crippen LogP contribution < -0.4 is 19.3 Å². The van der Waals surface area contributed by atoms with E-state index in [1.807, 2.05) is 11.0 Å². The summed E-state index contributed by atoms with van der Waals surface area (Å²) in [6.07, 6.45) is -7.46. The number of alkyl halides is 6. The number of anilines is 2. The standard InChI is InChI=1S/C49H41F6N3O6S2/c50-48(51,52)45-39(30-7-3-1-4-8-30)23-37(65-45)27-62-35-11-13-41-32(21-35)16-19-57(41)43(59)26-56-18-15-34(25-56)47(61)64-29-44(60)58-20-17-33-22-36(12-14-42(33)58)63-28-38-24-40(31-9-5-2-6-10-31)46(66-38)49(53,54)55/h1-14,21-24,34H,15-20,25-29H2/t34-/m1/s1. The molecule has 342 valence electrons. The number of amides is 2. The minimum atomic E-state index is -4.51. The monoisotopic (exact) mass is 945 g/mol. The number of likely N-dealkylation sites (tertiary alicyclic amines) is 1. The van der Waals surface area contributed by atoms with E-state index in [0.29, 0.717) is 106 Å². The van der Waals surface area contributed by atoms with E-state index in [1.165, 1.54) is 17.0 Å². The van der Waals surface area contributed by atoms with E-state index in [0.717, 1.165) is 16.8 Å². The average Bonchev–Trinajstić information content (AvgIpc) is 4.16. The van der Waals surface area contributed by atoms with Gasteiger partial charge in [-0.25, -0.2) is 0 Å². The molecule has 0 unspecified atom stereocenters. The van der Waals surface area contributed by atoms with Gasteiger partial charge in [0, 0.05) is 51.9 Å². The van der Waals surface area contributed by atoms with E-state index in [1.54, 1.807) is 95.9 Å². The molecule has 0 radical (unpaired) electrons. The molecule has 0 N–H and O–H groups in total. The van der Waals surface area contributed by atoms with Crippen molar-refractivity contribution in [1.29, 1.82) is 0 Å². The third-order valence-corrected chi connectivity index (χ3v) is 14.1. The van der Waals surface area contributed by atoms with E-state index in [-0.39, 0.29) is 36.8 Å². The van der Waals surface area contributed by atoms with Gasteiger partial charge in [-0.2, -0.15) is 26.3 Å². The van der Waals surface area contributed by atoms with Crippen LogP contribution in [0.25, 0.3) is 22.3 Å². The Balaban J connectivity index is 0.731. The molecule has 0 aliphatic carbocycles. The predicted octanol–water partition coefficient (Wildman–Crippen LogP) is 10.7. The highest BCUT2D eigenvalue weighted by Gasteiger charge is 2.38. The van der Waals surface area contributed by atoms with Gasteiger partial charge in [-0.05, 0) is 96.6 Å². The van der Waals surface area contributed by atoms with Gasteiger partial charge in [0.05, 0.1) is 12.5 Å². The van der Waals surface area contributed by atoms with Crippen molar-refractivity contribution in [3.05, 3.63) is 140 Å². The second-order valence-corrected chi connectivity index (χ2v) is 18.5. The molecular weight excluding hydrogens is 905 g/mol. The number of nitrogens with zero attached hydrogens (tertiary/aromatic N) is 3. The zero-order valence-electron chi connectivity index (χ0n) is 35.1. The van der Waals surface area contributed by atoms with E-state index in [2.05, 4.69) is 0 Å². The van der Waals surface area contributed by atoms with E-state index in [9.17, 15) is 40.7 Å². The predicted molar refractivity (Wildman–Crippen MR) is 239 cm³/mol. The van der Waals surface area contributed by atoms with Crippen molar-refractivity contribution < 1.29 is 54.9 Å². The summed E-state index contributed by atoms with van der Waals surface area (Å²) in [5.74, 6) is -0.633. The summed E-state index contributed by atoms with van der Waals surface area (Å²) < 4.78 is 101. The second-order valence-electron chi connectivity index (χ2n) is 16.2. The van der Waals surface area contributed by atoms with E-state index in [4.69, 9.17) is 14.2 Å². The topological polar surface area (TPSA) is 88.6 Å². The normalized spacial score (nSPS) is 16.1. The molecule has 9 nitrogen and oxygen atoms in total. The van der Waals surface area contributed by atoms with Crippen LogP contribution in [0, 0.1) is 5.92 Å². The van der Waals surface area contributed by atoms with E-state index < -0.39 is 46.5 Å². The zero-order chi connectivity index (χ0) is 46.2. The lowest BCUT2D eigenvalue weighted by Gasteiger charge is -2.22. The number of carbonyl (C=O) groups excluding carboxylic acids is 3. The minimum Gasteiger partial charge on any atom is -0.488 e. The first-order valence-electron chi connectivity index (χ1n) is 21.2. The number of ether oxygens (including phenoxy) is 3. The van der Waals surface area contributed by atoms with Crippen LogP contribution in [0.2, 0.25) is 0 Å². The largest absolute Gasteiger partial charge is 0.488 e. The van der Waals surface area contributed by atoms with Crippen molar-refractivity contribution in [3.63, 3.8) is 0 Å². The van der Waals surface area contributed by atoms with Gasteiger partial charge < -0.3 is 24.0 Å². The summed E-state index contributed by atoms with van der Waals surface area (Å²) in [4.78, 5) is 44.4. The molecule has 3 aliphatic rings. The summed E-state index contributed by atoms with van der Waals surface area (Å²) in [6.45, 7) is 1.11. The molecule has 2 aromatic heterocycles. The highest BCUT2D eigenvalue weighted by Crippen LogP contribution is 2.45. The van der Waals surface area contributed by atoms with Crippen molar-refractivity contribution in [1.82, 2.24) is 4.90 Å². The molecular formula is C49H41F6N3O6S2. The van der Waals surface area contributed by atoms with Crippen LogP contribution in [-0.2, 0) is 57.5 Å². The molecule has 1 fully saturated rings. The molecule has 3 aliphatic heterocycles. The van der Waals surface area contributed by atoms with Crippen molar-refractivity contribution in [2.75, 3.05) is 49.1 Å². The molecule has 4 aromatic carbocycles.